The van der Waals surface area contributed by atoms with Crippen LogP contribution in [-0.2, 0) is 10.1 Å². The van der Waals surface area contributed by atoms with E-state index in [9.17, 15) is 18.1 Å². The molecular weight excluding hydrogens is 360 g/mol. The van der Waals surface area contributed by atoms with Gasteiger partial charge in [-0.2, -0.15) is 8.42 Å². The Morgan fingerprint density at radius 1 is 0.630 bits per heavy atom. The molecule has 0 aliphatic rings. The molecular formula is C22H46O4S. The van der Waals surface area contributed by atoms with Crippen LogP contribution in [0.15, 0.2) is 0 Å². The second kappa shape index (κ2) is 17.9. The number of unbranched alkanes of at least 4 members (excludes halogenated alkanes) is 13. The molecule has 164 valence electrons. The zero-order valence-electron chi connectivity index (χ0n) is 18.0. The lowest BCUT2D eigenvalue weighted by Gasteiger charge is -2.18. The molecule has 2 N–H and O–H groups in total. The average molecular weight is 407 g/mol. The lowest BCUT2D eigenvalue weighted by molar-refractivity contribution is 0.146. The highest BCUT2D eigenvalue weighted by Gasteiger charge is 2.25. The predicted octanol–water partition coefficient (Wildman–Crippen LogP) is 6.67. The lowest BCUT2D eigenvalue weighted by Crippen LogP contribution is -2.26. The molecule has 0 spiro atoms. The van der Waals surface area contributed by atoms with Gasteiger partial charge in [-0.3, -0.25) is 4.55 Å². The van der Waals surface area contributed by atoms with E-state index in [2.05, 4.69) is 13.8 Å². The van der Waals surface area contributed by atoms with E-state index in [1.807, 2.05) is 0 Å². The first-order valence-corrected chi connectivity index (χ1v) is 13.1. The van der Waals surface area contributed by atoms with Gasteiger partial charge in [-0.25, -0.2) is 0 Å². The first kappa shape index (κ1) is 26.9. The van der Waals surface area contributed by atoms with E-state index in [0.29, 0.717) is 12.8 Å². The maximum absolute atomic E-state index is 11.6. The van der Waals surface area contributed by atoms with Crippen molar-refractivity contribution in [3.05, 3.63) is 0 Å². The lowest BCUT2D eigenvalue weighted by atomic mass is 10.0. The monoisotopic (exact) mass is 406 g/mol. The Bertz CT molecular complexity index is 409. The minimum absolute atomic E-state index is 0.171. The molecule has 27 heavy (non-hydrogen) atoms. The molecule has 0 aromatic carbocycles. The summed E-state index contributed by atoms with van der Waals surface area (Å²) in [5, 5.41) is 9.37. The molecule has 0 radical (unpaired) electrons. The van der Waals surface area contributed by atoms with Crippen LogP contribution in [0.3, 0.4) is 0 Å². The molecule has 4 nitrogen and oxygen atoms in total. The van der Waals surface area contributed by atoms with Crippen molar-refractivity contribution in [2.75, 3.05) is 0 Å². The van der Waals surface area contributed by atoms with Gasteiger partial charge < -0.3 is 5.11 Å². The molecule has 0 aromatic rings. The zero-order valence-corrected chi connectivity index (χ0v) is 18.8. The Morgan fingerprint density at radius 2 is 1.00 bits per heavy atom. The highest BCUT2D eigenvalue weighted by molar-refractivity contribution is 7.86. The molecule has 0 saturated carbocycles. The summed E-state index contributed by atoms with van der Waals surface area (Å²) < 4.78 is 32.7. The van der Waals surface area contributed by atoms with E-state index in [1.165, 1.54) is 64.2 Å². The smallest absolute Gasteiger partial charge is 0.267 e. The van der Waals surface area contributed by atoms with Gasteiger partial charge >= 0.3 is 0 Å². The fourth-order valence-electron chi connectivity index (χ4n) is 3.65. The quantitative estimate of drug-likeness (QED) is 0.175. The van der Waals surface area contributed by atoms with Crippen LogP contribution < -0.4 is 0 Å². The van der Waals surface area contributed by atoms with E-state index in [0.717, 1.165) is 32.1 Å². The molecule has 0 aliphatic heterocycles. The molecule has 0 fully saturated rings. The molecule has 0 aliphatic carbocycles. The second-order valence-electron chi connectivity index (χ2n) is 8.20. The molecule has 0 bridgehead atoms. The normalized spacial score (nSPS) is 14.4. The Balaban J connectivity index is 3.84. The molecule has 0 saturated heterocycles. The van der Waals surface area contributed by atoms with Gasteiger partial charge in [0, 0.05) is 0 Å². The van der Waals surface area contributed by atoms with E-state index in [4.69, 9.17) is 0 Å². The van der Waals surface area contributed by atoms with Gasteiger partial charge in [-0.15, -0.1) is 0 Å². The Hall–Kier alpha value is -0.130. The van der Waals surface area contributed by atoms with Gasteiger partial charge in [-0.1, -0.05) is 110 Å². The summed E-state index contributed by atoms with van der Waals surface area (Å²) in [6.45, 7) is 4.40. The van der Waals surface area contributed by atoms with Crippen molar-refractivity contribution in [1.82, 2.24) is 0 Å². The topological polar surface area (TPSA) is 74.6 Å². The van der Waals surface area contributed by atoms with Crippen LogP contribution in [0.25, 0.3) is 0 Å². The van der Waals surface area contributed by atoms with Gasteiger partial charge in [0.2, 0.25) is 0 Å². The highest BCUT2D eigenvalue weighted by atomic mass is 32.2. The van der Waals surface area contributed by atoms with Gasteiger partial charge in [-0.05, 0) is 19.3 Å². The van der Waals surface area contributed by atoms with E-state index in [-0.39, 0.29) is 6.42 Å². The zero-order chi connectivity index (χ0) is 20.4. The van der Waals surface area contributed by atoms with Crippen molar-refractivity contribution in [3.63, 3.8) is 0 Å². The third-order valence-corrected chi connectivity index (χ3v) is 6.75. The van der Waals surface area contributed by atoms with Gasteiger partial charge in [0.25, 0.3) is 10.1 Å². The number of rotatable bonds is 20. The molecule has 0 heterocycles. The molecule has 0 rings (SSSR count). The van der Waals surface area contributed by atoms with Crippen molar-refractivity contribution < 1.29 is 18.1 Å². The van der Waals surface area contributed by atoms with Crippen LogP contribution in [-0.4, -0.2) is 29.4 Å². The summed E-state index contributed by atoms with van der Waals surface area (Å²) in [4.78, 5) is 0. The summed E-state index contributed by atoms with van der Waals surface area (Å²) in [6, 6.07) is 0. The molecule has 5 heteroatoms. The van der Waals surface area contributed by atoms with E-state index < -0.39 is 21.5 Å². The van der Waals surface area contributed by atoms with Crippen LogP contribution in [0, 0.1) is 0 Å². The summed E-state index contributed by atoms with van der Waals surface area (Å²) in [5.41, 5.74) is 0. The molecule has 2 atom stereocenters. The minimum atomic E-state index is -4.07. The highest BCUT2D eigenvalue weighted by Crippen LogP contribution is 2.20. The summed E-state index contributed by atoms with van der Waals surface area (Å²) in [5.74, 6) is 0. The Kier molecular flexibility index (Phi) is 17.8. The second-order valence-corrected chi connectivity index (χ2v) is 9.90. The average Bonchev–Trinajstić information content (AvgIpc) is 2.61. The summed E-state index contributed by atoms with van der Waals surface area (Å²) in [7, 11) is -4.07. The number of hydrogen-bond acceptors (Lipinski definition) is 3. The fourth-order valence-corrected chi connectivity index (χ4v) is 4.58. The maximum atomic E-state index is 11.6. The Labute approximate surface area is 169 Å². The van der Waals surface area contributed by atoms with Gasteiger partial charge in [0.05, 0.1) is 11.4 Å². The fraction of sp³-hybridized carbons (Fsp3) is 1.00. The van der Waals surface area contributed by atoms with Gasteiger partial charge in [0.1, 0.15) is 0 Å². The SMILES string of the molecule is CCCCCCCCCCCC(O)CC(CCCCCCCC)S(=O)(=O)O. The molecule has 2 unspecified atom stereocenters. The Morgan fingerprint density at radius 3 is 1.41 bits per heavy atom. The van der Waals surface area contributed by atoms with Crippen LogP contribution in [0.2, 0.25) is 0 Å². The van der Waals surface area contributed by atoms with Crippen molar-refractivity contribution >= 4 is 10.1 Å². The predicted molar refractivity (Wildman–Crippen MR) is 116 cm³/mol. The first-order valence-electron chi connectivity index (χ1n) is 11.6. The van der Waals surface area contributed by atoms with Crippen LogP contribution in [0.1, 0.15) is 129 Å². The third kappa shape index (κ3) is 17.7. The van der Waals surface area contributed by atoms with Crippen LogP contribution in [0.4, 0.5) is 0 Å². The number of hydrogen-bond donors (Lipinski definition) is 2. The molecule has 0 amide bonds. The summed E-state index contributed by atoms with van der Waals surface area (Å²) >= 11 is 0. The largest absolute Gasteiger partial charge is 0.393 e. The minimum Gasteiger partial charge on any atom is -0.393 e. The number of aliphatic hydroxyl groups excluding tert-OH is 1. The first-order chi connectivity index (χ1) is 12.9. The van der Waals surface area contributed by atoms with Crippen molar-refractivity contribution in [3.8, 4) is 0 Å². The maximum Gasteiger partial charge on any atom is 0.267 e. The van der Waals surface area contributed by atoms with Crippen molar-refractivity contribution in [1.29, 1.82) is 0 Å². The third-order valence-electron chi connectivity index (χ3n) is 5.48. The van der Waals surface area contributed by atoms with Crippen LogP contribution >= 0.6 is 0 Å². The van der Waals surface area contributed by atoms with E-state index in [1.54, 1.807) is 0 Å². The number of aliphatic hydroxyl groups is 1. The molecule has 0 aromatic heterocycles. The van der Waals surface area contributed by atoms with E-state index >= 15 is 0 Å². The van der Waals surface area contributed by atoms with Crippen LogP contribution in [0.5, 0.6) is 0 Å². The summed E-state index contributed by atoms with van der Waals surface area (Å²) in [6.07, 6.45) is 18.2. The van der Waals surface area contributed by atoms with Crippen molar-refractivity contribution in [2.45, 2.75) is 141 Å². The van der Waals surface area contributed by atoms with Crippen molar-refractivity contribution in [2.24, 2.45) is 0 Å². The van der Waals surface area contributed by atoms with Gasteiger partial charge in [0.15, 0.2) is 0 Å². The standard InChI is InChI=1S/C22H46O4S/c1-3-5-7-9-11-12-13-14-16-18-21(23)20-22(27(24,25)26)19-17-15-10-8-6-4-2/h21-23H,3-20H2,1-2H3,(H,24,25,26).